The Balaban J connectivity index is 1.45. The first kappa shape index (κ1) is 24.5. The van der Waals surface area contributed by atoms with Gasteiger partial charge in [-0.2, -0.15) is 9.49 Å². The molecule has 0 aliphatic carbocycles. The van der Waals surface area contributed by atoms with Crippen LogP contribution in [0.2, 0.25) is 0 Å². The molecule has 0 saturated carbocycles. The predicted molar refractivity (Wildman–Crippen MR) is 129 cm³/mol. The third-order valence-electron chi connectivity index (χ3n) is 6.58. The highest BCUT2D eigenvalue weighted by Gasteiger charge is 2.40. The number of amides is 2. The third-order valence-corrected chi connectivity index (χ3v) is 6.58. The Bertz CT molecular complexity index is 1420. The van der Waals surface area contributed by atoms with E-state index in [1.807, 2.05) is 19.9 Å². The van der Waals surface area contributed by atoms with Gasteiger partial charge in [-0.1, -0.05) is 37.3 Å². The second kappa shape index (κ2) is 10.0. The van der Waals surface area contributed by atoms with Crippen molar-refractivity contribution in [3.8, 4) is 0 Å². The summed E-state index contributed by atoms with van der Waals surface area (Å²) in [7, 11) is 0. The number of carbonyl (C=O) groups is 2. The van der Waals surface area contributed by atoms with Gasteiger partial charge in [0.25, 0.3) is 0 Å². The molecule has 1 unspecified atom stereocenters. The van der Waals surface area contributed by atoms with Crippen LogP contribution >= 0.6 is 0 Å². The van der Waals surface area contributed by atoms with Crippen LogP contribution in [-0.4, -0.2) is 66.1 Å². The van der Waals surface area contributed by atoms with Crippen molar-refractivity contribution >= 4 is 22.7 Å². The number of likely N-dealkylation sites (tertiary alicyclic amines) is 1. The van der Waals surface area contributed by atoms with E-state index in [4.69, 9.17) is 0 Å². The van der Waals surface area contributed by atoms with E-state index < -0.39 is 36.0 Å². The first-order valence-electron chi connectivity index (χ1n) is 12.0. The van der Waals surface area contributed by atoms with E-state index in [0.29, 0.717) is 16.8 Å². The molecule has 3 atom stereocenters. The SMILES string of the molecule is CC(C)c1ccc(C(NC(=O)[C@@H]2C[C@@H](F)CN2C(=O)Cc2cnn[nH]2)c2ccc3cn[nH]c3c2)nc1F. The maximum Gasteiger partial charge on any atom is 0.243 e. The molecule has 0 radical (unpaired) electrons. The predicted octanol–water partition coefficient (Wildman–Crippen LogP) is 2.73. The molecule has 0 bridgehead atoms. The van der Waals surface area contributed by atoms with Crippen LogP contribution < -0.4 is 5.32 Å². The summed E-state index contributed by atoms with van der Waals surface area (Å²) in [5.41, 5.74) is 2.56. The Morgan fingerprint density at radius 3 is 2.76 bits per heavy atom. The fraction of sp³-hybridized carbons (Fsp3) is 0.360. The molecule has 1 fully saturated rings. The molecule has 12 heteroatoms. The summed E-state index contributed by atoms with van der Waals surface area (Å²) in [4.78, 5) is 31.8. The molecular formula is C25H26F2N8O2. The maximum absolute atomic E-state index is 14.9. The lowest BCUT2D eigenvalue weighted by Crippen LogP contribution is -2.47. The zero-order chi connectivity index (χ0) is 26.1. The number of nitrogens with zero attached hydrogens (tertiary/aromatic N) is 5. The largest absolute Gasteiger partial charge is 0.342 e. The molecule has 3 aromatic heterocycles. The van der Waals surface area contributed by atoms with Crippen molar-refractivity contribution < 1.29 is 18.4 Å². The number of benzene rings is 1. The molecule has 192 valence electrons. The van der Waals surface area contributed by atoms with Gasteiger partial charge in [0.2, 0.25) is 17.8 Å². The minimum atomic E-state index is -1.35. The Kier molecular flexibility index (Phi) is 6.64. The highest BCUT2D eigenvalue weighted by Crippen LogP contribution is 2.28. The van der Waals surface area contributed by atoms with E-state index in [2.05, 4.69) is 35.9 Å². The van der Waals surface area contributed by atoms with Crippen molar-refractivity contribution in [1.29, 1.82) is 0 Å². The number of hydrogen-bond acceptors (Lipinski definition) is 6. The van der Waals surface area contributed by atoms with Crippen molar-refractivity contribution in [1.82, 2.24) is 40.8 Å². The molecule has 5 rings (SSSR count). The van der Waals surface area contributed by atoms with Crippen LogP contribution in [-0.2, 0) is 16.0 Å². The maximum atomic E-state index is 14.9. The van der Waals surface area contributed by atoms with Crippen LogP contribution in [0.5, 0.6) is 0 Å². The summed E-state index contributed by atoms with van der Waals surface area (Å²) in [6, 6.07) is 6.86. The number of carbonyl (C=O) groups excluding carboxylic acids is 2. The monoisotopic (exact) mass is 508 g/mol. The zero-order valence-corrected chi connectivity index (χ0v) is 20.3. The first-order chi connectivity index (χ1) is 17.8. The smallest absolute Gasteiger partial charge is 0.243 e. The number of aromatic nitrogens is 6. The van der Waals surface area contributed by atoms with Crippen LogP contribution in [0, 0.1) is 5.95 Å². The van der Waals surface area contributed by atoms with Crippen LogP contribution in [0.3, 0.4) is 0 Å². The molecule has 1 aromatic carbocycles. The minimum Gasteiger partial charge on any atom is -0.342 e. The van der Waals surface area contributed by atoms with E-state index in [0.717, 1.165) is 10.9 Å². The summed E-state index contributed by atoms with van der Waals surface area (Å²) < 4.78 is 29.3. The third kappa shape index (κ3) is 5.04. The van der Waals surface area contributed by atoms with Gasteiger partial charge in [0.15, 0.2) is 0 Å². The number of H-pyrrole nitrogens is 2. The van der Waals surface area contributed by atoms with Crippen molar-refractivity contribution in [2.75, 3.05) is 6.54 Å². The van der Waals surface area contributed by atoms with Gasteiger partial charge < -0.3 is 10.2 Å². The van der Waals surface area contributed by atoms with E-state index in [-0.39, 0.29) is 31.0 Å². The average Bonchev–Trinajstić information content (AvgIpc) is 3.62. The Labute approximate surface area is 210 Å². The lowest BCUT2D eigenvalue weighted by molar-refractivity contribution is -0.138. The van der Waals surface area contributed by atoms with Crippen LogP contribution in [0.25, 0.3) is 10.9 Å². The zero-order valence-electron chi connectivity index (χ0n) is 20.3. The standard InChI is InChI=1S/C25H26F2N8O2/c1-13(2)18-5-6-19(30-24(18)27)23(14-3-4-15-10-28-33-20(15)7-14)31-25(37)21-8-16(26)12-35(21)22(36)9-17-11-29-34-32-17/h3-7,10-11,13,16,21,23H,8-9,12H2,1-2H3,(H,28,33)(H,31,37)(H,29,32,34)/t16-,21+,23?/m1/s1. The van der Waals surface area contributed by atoms with Gasteiger partial charge in [-0.15, -0.1) is 5.10 Å². The van der Waals surface area contributed by atoms with Gasteiger partial charge in [0.05, 0.1) is 48.3 Å². The molecular weight excluding hydrogens is 482 g/mol. The van der Waals surface area contributed by atoms with Gasteiger partial charge >= 0.3 is 0 Å². The number of pyridine rings is 1. The second-order valence-electron chi connectivity index (χ2n) is 9.48. The van der Waals surface area contributed by atoms with Crippen molar-refractivity contribution in [3.63, 3.8) is 0 Å². The van der Waals surface area contributed by atoms with Crippen LogP contribution in [0.15, 0.2) is 42.7 Å². The fourth-order valence-corrected chi connectivity index (χ4v) is 4.63. The van der Waals surface area contributed by atoms with E-state index in [9.17, 15) is 18.4 Å². The number of hydrogen-bond donors (Lipinski definition) is 3. The number of nitrogens with one attached hydrogen (secondary N) is 3. The highest BCUT2D eigenvalue weighted by atomic mass is 19.1. The molecule has 4 aromatic rings. The number of rotatable bonds is 7. The second-order valence-corrected chi connectivity index (χ2v) is 9.48. The lowest BCUT2D eigenvalue weighted by Gasteiger charge is -2.26. The summed E-state index contributed by atoms with van der Waals surface area (Å²) in [5, 5.41) is 20.5. The quantitative estimate of drug-likeness (QED) is 0.329. The van der Waals surface area contributed by atoms with Gasteiger partial charge in [-0.05, 0) is 23.6 Å². The van der Waals surface area contributed by atoms with E-state index in [1.165, 1.54) is 11.1 Å². The van der Waals surface area contributed by atoms with E-state index in [1.54, 1.807) is 30.5 Å². The van der Waals surface area contributed by atoms with Crippen LogP contribution in [0.1, 0.15) is 54.7 Å². The molecule has 3 N–H and O–H groups in total. The molecule has 1 saturated heterocycles. The highest BCUT2D eigenvalue weighted by molar-refractivity contribution is 5.89. The first-order valence-corrected chi connectivity index (χ1v) is 12.0. The molecule has 1 aliphatic heterocycles. The van der Waals surface area contributed by atoms with Crippen molar-refractivity contribution in [3.05, 3.63) is 71.2 Å². The minimum absolute atomic E-state index is 0.0689. The molecule has 1 aliphatic rings. The molecule has 10 nitrogen and oxygen atoms in total. The van der Waals surface area contributed by atoms with Crippen molar-refractivity contribution in [2.24, 2.45) is 0 Å². The topological polar surface area (TPSA) is 133 Å². The number of alkyl halides is 1. The van der Waals surface area contributed by atoms with Crippen LogP contribution in [0.4, 0.5) is 8.78 Å². The normalized spacial score (nSPS) is 18.5. The lowest BCUT2D eigenvalue weighted by atomic mass is 9.99. The molecule has 0 spiro atoms. The van der Waals surface area contributed by atoms with Gasteiger partial charge in [-0.25, -0.2) is 9.37 Å². The Hall–Kier alpha value is -4.22. The molecule has 37 heavy (non-hydrogen) atoms. The Morgan fingerprint density at radius 2 is 2.03 bits per heavy atom. The van der Waals surface area contributed by atoms with Gasteiger partial charge in [-0.3, -0.25) is 19.8 Å². The summed E-state index contributed by atoms with van der Waals surface area (Å²) in [6.45, 7) is 3.53. The van der Waals surface area contributed by atoms with Gasteiger partial charge in [0, 0.05) is 17.4 Å². The fourth-order valence-electron chi connectivity index (χ4n) is 4.63. The number of fused-ring (bicyclic) bond motifs is 1. The summed E-state index contributed by atoms with van der Waals surface area (Å²) >= 11 is 0. The summed E-state index contributed by atoms with van der Waals surface area (Å²) in [6.07, 6.45) is 1.49. The van der Waals surface area contributed by atoms with E-state index >= 15 is 0 Å². The van der Waals surface area contributed by atoms with Crippen molar-refractivity contribution in [2.45, 2.75) is 50.9 Å². The number of halogens is 2. The Morgan fingerprint density at radius 1 is 1.19 bits per heavy atom. The molecule has 2 amide bonds. The number of aromatic amines is 2. The van der Waals surface area contributed by atoms with Gasteiger partial charge in [0.1, 0.15) is 12.2 Å². The summed E-state index contributed by atoms with van der Waals surface area (Å²) in [5.74, 6) is -1.67. The molecule has 4 heterocycles. The average molecular weight is 509 g/mol.